The van der Waals surface area contributed by atoms with Crippen LogP contribution in [0.5, 0.6) is 0 Å². The Balaban J connectivity index is 1.58. The van der Waals surface area contributed by atoms with Crippen LogP contribution in [0.15, 0.2) is 77.6 Å². The van der Waals surface area contributed by atoms with Crippen LogP contribution in [0.25, 0.3) is 16.5 Å². The quantitative estimate of drug-likeness (QED) is 0.382. The van der Waals surface area contributed by atoms with Gasteiger partial charge in [0.05, 0.1) is 16.5 Å². The molecule has 4 nitrogen and oxygen atoms in total. The molecule has 33 heavy (non-hydrogen) atoms. The zero-order valence-corrected chi connectivity index (χ0v) is 19.4. The van der Waals surface area contributed by atoms with E-state index in [1.54, 1.807) is 10.6 Å². The monoisotopic (exact) mass is 456 g/mol. The van der Waals surface area contributed by atoms with Crippen molar-refractivity contribution < 1.29 is 4.79 Å². The second-order valence-electron chi connectivity index (χ2n) is 8.79. The van der Waals surface area contributed by atoms with Gasteiger partial charge in [-0.1, -0.05) is 54.1 Å². The van der Waals surface area contributed by atoms with E-state index in [4.69, 9.17) is 11.6 Å². The molecule has 0 saturated heterocycles. The zero-order chi connectivity index (χ0) is 23.1. The Labute approximate surface area is 197 Å². The second-order valence-corrected chi connectivity index (χ2v) is 9.20. The van der Waals surface area contributed by atoms with Crippen LogP contribution < -0.4 is 10.9 Å². The molecule has 1 aromatic heterocycles. The van der Waals surface area contributed by atoms with Gasteiger partial charge in [-0.2, -0.15) is 0 Å². The Kier molecular flexibility index (Phi) is 5.55. The molecular formula is C28H25ClN2O2. The molecule has 1 amide bonds. The third-order valence-corrected chi connectivity index (χ3v) is 6.70. The van der Waals surface area contributed by atoms with Crippen molar-refractivity contribution in [3.63, 3.8) is 0 Å². The summed E-state index contributed by atoms with van der Waals surface area (Å²) in [6.07, 6.45) is 2.37. The van der Waals surface area contributed by atoms with Gasteiger partial charge in [-0.25, -0.2) is 0 Å². The number of halogens is 1. The first kappa shape index (κ1) is 21.5. The van der Waals surface area contributed by atoms with Crippen molar-refractivity contribution in [3.05, 3.63) is 111 Å². The highest BCUT2D eigenvalue weighted by atomic mass is 35.5. The van der Waals surface area contributed by atoms with Crippen molar-refractivity contribution in [2.45, 2.75) is 38.6 Å². The van der Waals surface area contributed by atoms with Gasteiger partial charge < -0.3 is 5.32 Å². The minimum Gasteiger partial charge on any atom is -0.344 e. The Hall–Kier alpha value is -3.37. The highest BCUT2D eigenvalue weighted by molar-refractivity contribution is 6.35. The smallest absolute Gasteiger partial charge is 0.264 e. The summed E-state index contributed by atoms with van der Waals surface area (Å²) in [4.78, 5) is 26.9. The number of hydrogen-bond acceptors (Lipinski definition) is 2. The van der Waals surface area contributed by atoms with Crippen LogP contribution in [0.2, 0.25) is 5.02 Å². The number of amides is 1. The Morgan fingerprint density at radius 1 is 1.03 bits per heavy atom. The molecule has 1 atom stereocenters. The maximum absolute atomic E-state index is 13.6. The number of aryl methyl sites for hydroxylation is 1. The molecule has 5 heteroatoms. The molecule has 1 heterocycles. The SMILES string of the molecule is Cc1ccc(C2CC2)cc1C(=O)N[C@@H](C)c1cc2cccc(Cl)c2c(=O)n1-c1ccccc1. The largest absolute Gasteiger partial charge is 0.344 e. The molecule has 0 spiro atoms. The summed E-state index contributed by atoms with van der Waals surface area (Å²) in [5, 5.41) is 4.76. The average Bonchev–Trinajstić information content (AvgIpc) is 3.65. The number of fused-ring (bicyclic) bond motifs is 1. The molecule has 5 rings (SSSR count). The molecule has 1 fully saturated rings. The summed E-state index contributed by atoms with van der Waals surface area (Å²) in [5.41, 5.74) is 4.07. The van der Waals surface area contributed by atoms with E-state index in [1.807, 2.05) is 74.5 Å². The number of rotatable bonds is 5. The number of hydrogen-bond donors (Lipinski definition) is 1. The number of aromatic nitrogens is 1. The van der Waals surface area contributed by atoms with Gasteiger partial charge in [0.15, 0.2) is 0 Å². The van der Waals surface area contributed by atoms with Crippen molar-refractivity contribution in [1.82, 2.24) is 9.88 Å². The van der Waals surface area contributed by atoms with Gasteiger partial charge in [0.1, 0.15) is 0 Å². The van der Waals surface area contributed by atoms with Gasteiger partial charge in [-0.05, 0) is 79.5 Å². The van der Waals surface area contributed by atoms with Gasteiger partial charge in [-0.15, -0.1) is 0 Å². The van der Waals surface area contributed by atoms with Crippen LogP contribution >= 0.6 is 11.6 Å². The van der Waals surface area contributed by atoms with Crippen molar-refractivity contribution in [2.24, 2.45) is 0 Å². The van der Waals surface area contributed by atoms with E-state index in [0.29, 0.717) is 27.6 Å². The van der Waals surface area contributed by atoms with Crippen LogP contribution in [0.4, 0.5) is 0 Å². The van der Waals surface area contributed by atoms with Gasteiger partial charge in [0.25, 0.3) is 11.5 Å². The predicted molar refractivity (Wildman–Crippen MR) is 134 cm³/mol. The third-order valence-electron chi connectivity index (χ3n) is 6.39. The first-order valence-corrected chi connectivity index (χ1v) is 11.6. The fourth-order valence-electron chi connectivity index (χ4n) is 4.40. The zero-order valence-electron chi connectivity index (χ0n) is 18.6. The number of nitrogens with one attached hydrogen (secondary N) is 1. The van der Waals surface area contributed by atoms with Crippen molar-refractivity contribution >= 4 is 28.3 Å². The lowest BCUT2D eigenvalue weighted by atomic mass is 10.0. The van der Waals surface area contributed by atoms with E-state index >= 15 is 0 Å². The fraction of sp³-hybridized carbons (Fsp3) is 0.214. The molecule has 4 aromatic rings. The third kappa shape index (κ3) is 4.07. The van der Waals surface area contributed by atoms with Crippen molar-refractivity contribution in [2.75, 3.05) is 0 Å². The first-order valence-electron chi connectivity index (χ1n) is 11.2. The van der Waals surface area contributed by atoms with E-state index in [-0.39, 0.29) is 11.5 Å². The molecule has 166 valence electrons. The number of benzene rings is 3. The topological polar surface area (TPSA) is 51.1 Å². The van der Waals surface area contributed by atoms with Crippen LogP contribution in [-0.2, 0) is 0 Å². The second kappa shape index (κ2) is 8.53. The van der Waals surface area contributed by atoms with Gasteiger partial charge in [-0.3, -0.25) is 14.2 Å². The Bertz CT molecular complexity index is 1420. The summed E-state index contributed by atoms with van der Waals surface area (Å²) in [5.74, 6) is 0.434. The highest BCUT2D eigenvalue weighted by Crippen LogP contribution is 2.40. The number of para-hydroxylation sites is 1. The van der Waals surface area contributed by atoms with Crippen molar-refractivity contribution in [3.8, 4) is 5.69 Å². The molecule has 0 radical (unpaired) electrons. The van der Waals surface area contributed by atoms with E-state index in [9.17, 15) is 9.59 Å². The van der Waals surface area contributed by atoms with Crippen LogP contribution in [0.3, 0.4) is 0 Å². The molecule has 3 aromatic carbocycles. The predicted octanol–water partition coefficient (Wildman–Crippen LogP) is 6.32. The first-order chi connectivity index (χ1) is 15.9. The van der Waals surface area contributed by atoms with Gasteiger partial charge in [0, 0.05) is 16.9 Å². The van der Waals surface area contributed by atoms with E-state index in [0.717, 1.165) is 16.6 Å². The molecular weight excluding hydrogens is 432 g/mol. The minimum atomic E-state index is -0.405. The summed E-state index contributed by atoms with van der Waals surface area (Å²) < 4.78 is 1.65. The number of carbonyl (C=O) groups is 1. The molecule has 1 aliphatic rings. The summed E-state index contributed by atoms with van der Waals surface area (Å²) >= 11 is 6.40. The molecule has 1 aliphatic carbocycles. The summed E-state index contributed by atoms with van der Waals surface area (Å²) in [7, 11) is 0. The number of pyridine rings is 1. The Morgan fingerprint density at radius 3 is 2.52 bits per heavy atom. The lowest BCUT2D eigenvalue weighted by Gasteiger charge is -2.22. The van der Waals surface area contributed by atoms with Crippen molar-refractivity contribution in [1.29, 1.82) is 0 Å². The highest BCUT2D eigenvalue weighted by Gasteiger charge is 2.25. The van der Waals surface area contributed by atoms with Gasteiger partial charge in [0.2, 0.25) is 0 Å². The number of carbonyl (C=O) groups excluding carboxylic acids is 1. The molecule has 1 N–H and O–H groups in total. The number of nitrogens with zero attached hydrogens (tertiary/aromatic N) is 1. The minimum absolute atomic E-state index is 0.138. The molecule has 0 unspecified atom stereocenters. The maximum Gasteiger partial charge on any atom is 0.264 e. The lowest BCUT2D eigenvalue weighted by Crippen LogP contribution is -2.32. The van der Waals surface area contributed by atoms with Crippen LogP contribution in [-0.4, -0.2) is 10.5 Å². The maximum atomic E-state index is 13.6. The van der Waals surface area contributed by atoms with E-state index < -0.39 is 6.04 Å². The Morgan fingerprint density at radius 2 is 1.79 bits per heavy atom. The molecule has 0 bridgehead atoms. The fourth-order valence-corrected chi connectivity index (χ4v) is 4.67. The molecule has 0 aliphatic heterocycles. The van der Waals surface area contributed by atoms with Gasteiger partial charge >= 0.3 is 0 Å². The van der Waals surface area contributed by atoms with E-state index in [2.05, 4.69) is 11.4 Å². The summed E-state index contributed by atoms with van der Waals surface area (Å²) in [6.45, 7) is 3.86. The van der Waals surface area contributed by atoms with E-state index in [1.165, 1.54) is 18.4 Å². The average molecular weight is 457 g/mol. The molecule has 1 saturated carbocycles. The lowest BCUT2D eigenvalue weighted by molar-refractivity contribution is 0.0938. The normalized spacial score (nSPS) is 14.3. The summed E-state index contributed by atoms with van der Waals surface area (Å²) in [6, 6.07) is 22.6. The van der Waals surface area contributed by atoms with Crippen LogP contribution in [0, 0.1) is 6.92 Å². The standard InChI is InChI=1S/C28H25ClN2O2/c1-17-11-12-20(19-13-14-19)15-23(17)27(32)30-18(2)25-16-21-7-6-10-24(29)26(21)28(33)31(25)22-8-4-3-5-9-22/h3-12,15-16,18-19H,13-14H2,1-2H3,(H,30,32)/t18-/m0/s1. The van der Waals surface area contributed by atoms with Crippen LogP contribution in [0.1, 0.15) is 58.9 Å².